The largest absolute Gasteiger partial charge is 0.456 e. The van der Waals surface area contributed by atoms with Crippen LogP contribution < -0.4 is 0 Å². The van der Waals surface area contributed by atoms with Crippen molar-refractivity contribution in [2.24, 2.45) is 0 Å². The van der Waals surface area contributed by atoms with E-state index in [1.807, 2.05) is 36.4 Å². The Kier molecular flexibility index (Phi) is 6.82. The first-order chi connectivity index (χ1) is 26.8. The predicted octanol–water partition coefficient (Wildman–Crippen LogP) is 13.3. The molecule has 0 saturated heterocycles. The van der Waals surface area contributed by atoms with Crippen molar-refractivity contribution in [1.29, 1.82) is 0 Å². The number of hydrogen-bond donors (Lipinski definition) is 0. The minimum atomic E-state index is 0.682. The van der Waals surface area contributed by atoms with Crippen LogP contribution in [0.2, 0.25) is 0 Å². The third-order valence-electron chi connectivity index (χ3n) is 10.6. The van der Waals surface area contributed by atoms with Crippen LogP contribution >= 0.6 is 0 Å². The average Bonchev–Trinajstić information content (AvgIpc) is 3.79. The van der Waals surface area contributed by atoms with Crippen molar-refractivity contribution in [3.8, 4) is 50.7 Å². The van der Waals surface area contributed by atoms with Gasteiger partial charge in [-0.15, -0.1) is 0 Å². The highest BCUT2D eigenvalue weighted by atomic mass is 16.3. The molecular formula is C50H31N3O. The molecule has 0 aliphatic carbocycles. The van der Waals surface area contributed by atoms with Crippen LogP contribution in [-0.4, -0.2) is 14.5 Å². The fourth-order valence-electron chi connectivity index (χ4n) is 8.10. The molecule has 0 N–H and O–H groups in total. The van der Waals surface area contributed by atoms with Gasteiger partial charge in [0.2, 0.25) is 0 Å². The van der Waals surface area contributed by atoms with Crippen LogP contribution in [0.25, 0.3) is 105 Å². The van der Waals surface area contributed by atoms with Gasteiger partial charge in [-0.05, 0) is 76.5 Å². The Hall–Kier alpha value is -7.30. The van der Waals surface area contributed by atoms with Crippen LogP contribution in [0.1, 0.15) is 0 Å². The molecule has 54 heavy (non-hydrogen) atoms. The lowest BCUT2D eigenvalue weighted by molar-refractivity contribution is 0.669. The van der Waals surface area contributed by atoms with Gasteiger partial charge in [-0.1, -0.05) is 133 Å². The van der Waals surface area contributed by atoms with E-state index >= 15 is 0 Å². The molecule has 0 saturated carbocycles. The number of aromatic nitrogens is 3. The van der Waals surface area contributed by atoms with Crippen LogP contribution in [0, 0.1) is 0 Å². The van der Waals surface area contributed by atoms with Crippen molar-refractivity contribution >= 4 is 54.5 Å². The molecule has 0 spiro atoms. The molecule has 3 heterocycles. The standard InChI is InChI=1S/C50H31N3O/c1-3-13-32(14-4-1)50-51-44(34-23-25-42-41-20-10-12-22-48(41)54-49(42)30-34)31-45(52-50)39-27-26-36(37-17-7-8-18-38(37)39)33-24-28-47-43(29-33)40-19-9-11-21-46(40)53(47)35-15-5-2-6-16-35/h1-31H. The lowest BCUT2D eigenvalue weighted by Gasteiger charge is -2.14. The smallest absolute Gasteiger partial charge is 0.160 e. The topological polar surface area (TPSA) is 43.9 Å². The van der Waals surface area contributed by atoms with Crippen molar-refractivity contribution in [2.45, 2.75) is 0 Å². The molecule has 0 aliphatic heterocycles. The highest BCUT2D eigenvalue weighted by Crippen LogP contribution is 2.40. The van der Waals surface area contributed by atoms with Gasteiger partial charge in [-0.2, -0.15) is 0 Å². The van der Waals surface area contributed by atoms with Crippen molar-refractivity contribution in [2.75, 3.05) is 0 Å². The van der Waals surface area contributed by atoms with E-state index in [0.29, 0.717) is 5.82 Å². The Balaban J connectivity index is 1.08. The summed E-state index contributed by atoms with van der Waals surface area (Å²) in [6, 6.07) is 66.2. The summed E-state index contributed by atoms with van der Waals surface area (Å²) in [5, 5.41) is 6.98. The van der Waals surface area contributed by atoms with Crippen molar-refractivity contribution in [3.63, 3.8) is 0 Å². The van der Waals surface area contributed by atoms with Gasteiger partial charge in [0, 0.05) is 43.9 Å². The average molecular weight is 690 g/mol. The number of rotatable bonds is 5. The van der Waals surface area contributed by atoms with Gasteiger partial charge >= 0.3 is 0 Å². The molecule has 8 aromatic carbocycles. The minimum Gasteiger partial charge on any atom is -0.456 e. The first-order valence-corrected chi connectivity index (χ1v) is 18.2. The maximum Gasteiger partial charge on any atom is 0.160 e. The second-order valence-electron chi connectivity index (χ2n) is 13.8. The number of nitrogens with zero attached hydrogens (tertiary/aromatic N) is 3. The number of hydrogen-bond acceptors (Lipinski definition) is 3. The third kappa shape index (κ3) is 4.85. The molecule has 0 fully saturated rings. The van der Waals surface area contributed by atoms with Crippen molar-refractivity contribution < 1.29 is 4.42 Å². The van der Waals surface area contributed by atoms with Gasteiger partial charge in [-0.3, -0.25) is 0 Å². The van der Waals surface area contributed by atoms with Crippen LogP contribution in [0.3, 0.4) is 0 Å². The number of furan rings is 1. The van der Waals surface area contributed by atoms with Gasteiger partial charge in [-0.25, -0.2) is 9.97 Å². The number of fused-ring (bicyclic) bond motifs is 7. The summed E-state index contributed by atoms with van der Waals surface area (Å²) >= 11 is 0. The molecule has 0 aliphatic rings. The zero-order chi connectivity index (χ0) is 35.6. The molecule has 252 valence electrons. The zero-order valence-electron chi connectivity index (χ0n) is 29.1. The summed E-state index contributed by atoms with van der Waals surface area (Å²) in [7, 11) is 0. The van der Waals surface area contributed by atoms with Gasteiger partial charge in [0.25, 0.3) is 0 Å². The number of benzene rings is 8. The van der Waals surface area contributed by atoms with E-state index < -0.39 is 0 Å². The van der Waals surface area contributed by atoms with E-state index in [-0.39, 0.29) is 0 Å². The van der Waals surface area contributed by atoms with Gasteiger partial charge in [0.15, 0.2) is 5.82 Å². The predicted molar refractivity (Wildman–Crippen MR) is 223 cm³/mol. The zero-order valence-corrected chi connectivity index (χ0v) is 29.1. The van der Waals surface area contributed by atoms with Gasteiger partial charge in [0.05, 0.1) is 22.4 Å². The Morgan fingerprint density at radius 3 is 1.80 bits per heavy atom. The molecule has 0 amide bonds. The summed E-state index contributed by atoms with van der Waals surface area (Å²) in [5.41, 5.74) is 12.3. The Bertz CT molecular complexity index is 3210. The first kappa shape index (κ1) is 30.3. The summed E-state index contributed by atoms with van der Waals surface area (Å²) < 4.78 is 8.65. The van der Waals surface area contributed by atoms with Crippen molar-refractivity contribution in [1.82, 2.24) is 14.5 Å². The van der Waals surface area contributed by atoms with Crippen molar-refractivity contribution in [3.05, 3.63) is 188 Å². The Labute approximate surface area is 311 Å². The monoisotopic (exact) mass is 689 g/mol. The summed E-state index contributed by atoms with van der Waals surface area (Å²) in [6.07, 6.45) is 0. The lowest BCUT2D eigenvalue weighted by Crippen LogP contribution is -1.96. The molecule has 0 radical (unpaired) electrons. The van der Waals surface area contributed by atoms with Crippen LogP contribution in [0.15, 0.2) is 192 Å². The molecule has 11 rings (SSSR count). The first-order valence-electron chi connectivity index (χ1n) is 18.2. The molecule has 0 unspecified atom stereocenters. The molecule has 3 aromatic heterocycles. The molecule has 0 bridgehead atoms. The number of para-hydroxylation sites is 3. The Morgan fingerprint density at radius 2 is 0.963 bits per heavy atom. The fourth-order valence-corrected chi connectivity index (χ4v) is 8.10. The Morgan fingerprint density at radius 1 is 0.352 bits per heavy atom. The van der Waals surface area contributed by atoms with Gasteiger partial charge in [0.1, 0.15) is 11.2 Å². The summed E-state index contributed by atoms with van der Waals surface area (Å²) in [4.78, 5) is 10.3. The van der Waals surface area contributed by atoms with Crippen LogP contribution in [0.5, 0.6) is 0 Å². The van der Waals surface area contributed by atoms with Crippen LogP contribution in [0.4, 0.5) is 0 Å². The van der Waals surface area contributed by atoms with E-state index in [1.165, 1.54) is 38.3 Å². The second kappa shape index (κ2) is 12.1. The van der Waals surface area contributed by atoms with Gasteiger partial charge < -0.3 is 8.98 Å². The minimum absolute atomic E-state index is 0.682. The maximum atomic E-state index is 6.29. The summed E-state index contributed by atoms with van der Waals surface area (Å²) in [6.45, 7) is 0. The van der Waals surface area contributed by atoms with E-state index in [2.05, 4.69) is 156 Å². The lowest BCUT2D eigenvalue weighted by atomic mass is 9.92. The fraction of sp³-hybridized carbons (Fsp3) is 0. The highest BCUT2D eigenvalue weighted by Gasteiger charge is 2.18. The molecular weight excluding hydrogens is 659 g/mol. The maximum absolute atomic E-state index is 6.29. The molecule has 11 aromatic rings. The molecule has 4 heteroatoms. The van der Waals surface area contributed by atoms with E-state index in [1.54, 1.807) is 0 Å². The van der Waals surface area contributed by atoms with E-state index in [0.717, 1.165) is 61.1 Å². The van der Waals surface area contributed by atoms with E-state index in [9.17, 15) is 0 Å². The normalized spacial score (nSPS) is 11.7. The molecule has 4 nitrogen and oxygen atoms in total. The second-order valence-corrected chi connectivity index (χ2v) is 13.8. The summed E-state index contributed by atoms with van der Waals surface area (Å²) in [5.74, 6) is 0.682. The van der Waals surface area contributed by atoms with Crippen LogP contribution in [-0.2, 0) is 0 Å². The van der Waals surface area contributed by atoms with E-state index in [4.69, 9.17) is 14.4 Å². The third-order valence-corrected chi connectivity index (χ3v) is 10.6. The molecule has 0 atom stereocenters. The SMILES string of the molecule is c1ccc(-c2nc(-c3ccc4c(c3)oc3ccccc34)cc(-c3ccc(-c4ccc5c(c4)c4ccccc4n5-c4ccccc4)c4ccccc34)n2)cc1. The highest BCUT2D eigenvalue weighted by molar-refractivity contribution is 6.12. The quantitative estimate of drug-likeness (QED) is 0.181.